The summed E-state index contributed by atoms with van der Waals surface area (Å²) >= 11 is 0. The van der Waals surface area contributed by atoms with Crippen molar-refractivity contribution in [1.29, 1.82) is 0 Å². The Kier molecular flexibility index (Phi) is 3.78. The Balaban J connectivity index is 2.44. The predicted octanol–water partition coefficient (Wildman–Crippen LogP) is 2.89. The maximum absolute atomic E-state index is 13.0. The van der Waals surface area contributed by atoms with Gasteiger partial charge in [-0.15, -0.1) is 0 Å². The van der Waals surface area contributed by atoms with Crippen LogP contribution in [0.1, 0.15) is 30.9 Å². The van der Waals surface area contributed by atoms with E-state index in [0.29, 0.717) is 18.9 Å². The molecule has 1 aliphatic heterocycles. The minimum absolute atomic E-state index is 0.152. The van der Waals surface area contributed by atoms with Crippen LogP contribution in [0.3, 0.4) is 0 Å². The lowest BCUT2D eigenvalue weighted by Gasteiger charge is -2.12. The van der Waals surface area contributed by atoms with Crippen LogP contribution in [0.4, 0.5) is 17.6 Å². The molecule has 1 unspecified atom stereocenters. The average Bonchev–Trinajstić information content (AvgIpc) is 2.70. The lowest BCUT2D eigenvalue weighted by Crippen LogP contribution is -2.30. The first-order chi connectivity index (χ1) is 9.32. The molecule has 1 aromatic carbocycles. The van der Waals surface area contributed by atoms with E-state index >= 15 is 0 Å². The Morgan fingerprint density at radius 2 is 2.05 bits per heavy atom. The molecule has 0 saturated heterocycles. The highest BCUT2D eigenvalue weighted by Crippen LogP contribution is 2.33. The summed E-state index contributed by atoms with van der Waals surface area (Å²) in [6.45, 7) is 1.85. The van der Waals surface area contributed by atoms with Gasteiger partial charge in [0.1, 0.15) is 17.7 Å². The number of benzene rings is 1. The van der Waals surface area contributed by atoms with E-state index < -0.39 is 29.5 Å². The standard InChI is InChI=1S/C13H12F4N2O/c1-2-3-10-12(20)19-11(18-10)8-5-4-7(14)6-9(8)13(15,16)17/h4-6,10H,2-3H2,1H3,(H,18,19,20). The Labute approximate surface area is 112 Å². The quantitative estimate of drug-likeness (QED) is 0.854. The SMILES string of the molecule is CCCC1N=C(c2ccc(F)cc2C(F)(F)F)NC1=O. The normalized spacial score (nSPS) is 18.9. The molecule has 0 radical (unpaired) electrons. The van der Waals surface area contributed by atoms with Crippen LogP contribution in [0.15, 0.2) is 23.2 Å². The fourth-order valence-corrected chi connectivity index (χ4v) is 2.01. The first-order valence-electron chi connectivity index (χ1n) is 6.08. The van der Waals surface area contributed by atoms with Crippen LogP contribution in [0.25, 0.3) is 0 Å². The number of amidine groups is 1. The van der Waals surface area contributed by atoms with E-state index in [-0.39, 0.29) is 11.4 Å². The molecule has 0 saturated carbocycles. The number of rotatable bonds is 3. The largest absolute Gasteiger partial charge is 0.417 e. The molecular weight excluding hydrogens is 276 g/mol. The maximum atomic E-state index is 13.0. The number of halogens is 4. The van der Waals surface area contributed by atoms with Crippen molar-refractivity contribution in [2.24, 2.45) is 4.99 Å². The van der Waals surface area contributed by atoms with Gasteiger partial charge < -0.3 is 5.32 Å². The third-order valence-electron chi connectivity index (χ3n) is 2.93. The van der Waals surface area contributed by atoms with E-state index in [1.54, 1.807) is 0 Å². The second-order valence-electron chi connectivity index (χ2n) is 4.46. The minimum atomic E-state index is -4.71. The smallest absolute Gasteiger partial charge is 0.309 e. The molecule has 0 bridgehead atoms. The van der Waals surface area contributed by atoms with E-state index in [0.717, 1.165) is 12.1 Å². The first kappa shape index (κ1) is 14.5. The van der Waals surface area contributed by atoms with Crippen molar-refractivity contribution in [3.63, 3.8) is 0 Å². The van der Waals surface area contributed by atoms with Crippen LogP contribution in [0.5, 0.6) is 0 Å². The molecule has 0 fully saturated rings. The fraction of sp³-hybridized carbons (Fsp3) is 0.385. The molecule has 1 amide bonds. The van der Waals surface area contributed by atoms with E-state index in [2.05, 4.69) is 10.3 Å². The predicted molar refractivity (Wildman–Crippen MR) is 64.8 cm³/mol. The first-order valence-corrected chi connectivity index (χ1v) is 6.08. The number of aliphatic imine (C=N–C) groups is 1. The Bertz CT molecular complexity index is 566. The number of carbonyl (C=O) groups excluding carboxylic acids is 1. The highest BCUT2D eigenvalue weighted by molar-refractivity contribution is 6.14. The molecule has 7 heteroatoms. The molecule has 2 rings (SSSR count). The molecule has 0 aliphatic carbocycles. The molecule has 0 aromatic heterocycles. The van der Waals surface area contributed by atoms with Crippen molar-refractivity contribution in [3.05, 3.63) is 35.1 Å². The third-order valence-corrected chi connectivity index (χ3v) is 2.93. The van der Waals surface area contributed by atoms with E-state index in [9.17, 15) is 22.4 Å². The van der Waals surface area contributed by atoms with E-state index in [1.165, 1.54) is 0 Å². The molecular formula is C13H12F4N2O. The van der Waals surface area contributed by atoms with Gasteiger partial charge in [0.2, 0.25) is 5.91 Å². The second-order valence-corrected chi connectivity index (χ2v) is 4.46. The highest BCUT2D eigenvalue weighted by Gasteiger charge is 2.37. The van der Waals surface area contributed by atoms with Crippen molar-refractivity contribution < 1.29 is 22.4 Å². The Morgan fingerprint density at radius 1 is 1.35 bits per heavy atom. The molecule has 108 valence electrons. The van der Waals surface area contributed by atoms with Gasteiger partial charge in [-0.3, -0.25) is 9.79 Å². The van der Waals surface area contributed by atoms with Crippen LogP contribution in [-0.4, -0.2) is 17.8 Å². The van der Waals surface area contributed by atoms with Crippen molar-refractivity contribution in [3.8, 4) is 0 Å². The summed E-state index contributed by atoms with van der Waals surface area (Å²) in [6, 6.07) is 1.61. The van der Waals surface area contributed by atoms with Gasteiger partial charge in [0.15, 0.2) is 0 Å². The molecule has 1 aromatic rings. The van der Waals surface area contributed by atoms with Gasteiger partial charge in [-0.1, -0.05) is 13.3 Å². The molecule has 1 heterocycles. The number of alkyl halides is 3. The number of nitrogens with zero attached hydrogens (tertiary/aromatic N) is 1. The topological polar surface area (TPSA) is 41.5 Å². The number of hydrogen-bond donors (Lipinski definition) is 1. The van der Waals surface area contributed by atoms with E-state index in [4.69, 9.17) is 0 Å². The summed E-state index contributed by atoms with van der Waals surface area (Å²) in [4.78, 5) is 15.6. The Hall–Kier alpha value is -1.92. The minimum Gasteiger partial charge on any atom is -0.309 e. The lowest BCUT2D eigenvalue weighted by atomic mass is 10.1. The van der Waals surface area contributed by atoms with Crippen LogP contribution < -0.4 is 5.32 Å². The average molecular weight is 288 g/mol. The van der Waals surface area contributed by atoms with Gasteiger partial charge in [-0.05, 0) is 24.6 Å². The summed E-state index contributed by atoms with van der Waals surface area (Å²) in [6.07, 6.45) is -3.57. The van der Waals surface area contributed by atoms with Crippen molar-refractivity contribution in [1.82, 2.24) is 5.32 Å². The number of carbonyl (C=O) groups is 1. The molecule has 1 atom stereocenters. The van der Waals surface area contributed by atoms with Crippen LogP contribution >= 0.6 is 0 Å². The summed E-state index contributed by atoms with van der Waals surface area (Å²) in [5, 5.41) is 2.33. The van der Waals surface area contributed by atoms with Gasteiger partial charge in [-0.2, -0.15) is 13.2 Å². The van der Waals surface area contributed by atoms with Gasteiger partial charge >= 0.3 is 6.18 Å². The van der Waals surface area contributed by atoms with Gasteiger partial charge in [0, 0.05) is 5.56 Å². The van der Waals surface area contributed by atoms with Gasteiger partial charge in [0.25, 0.3) is 0 Å². The number of hydrogen-bond acceptors (Lipinski definition) is 2. The third kappa shape index (κ3) is 2.81. The summed E-state index contributed by atoms with van der Waals surface area (Å²) in [5.74, 6) is -1.57. The zero-order chi connectivity index (χ0) is 14.9. The Morgan fingerprint density at radius 3 is 2.65 bits per heavy atom. The highest BCUT2D eigenvalue weighted by atomic mass is 19.4. The monoisotopic (exact) mass is 288 g/mol. The fourth-order valence-electron chi connectivity index (χ4n) is 2.01. The lowest BCUT2D eigenvalue weighted by molar-refractivity contribution is -0.138. The van der Waals surface area contributed by atoms with Crippen molar-refractivity contribution >= 4 is 11.7 Å². The summed E-state index contributed by atoms with van der Waals surface area (Å²) < 4.78 is 51.7. The molecule has 1 N–H and O–H groups in total. The zero-order valence-corrected chi connectivity index (χ0v) is 10.6. The van der Waals surface area contributed by atoms with E-state index in [1.807, 2.05) is 6.92 Å². The van der Waals surface area contributed by atoms with Gasteiger partial charge in [-0.25, -0.2) is 4.39 Å². The van der Waals surface area contributed by atoms with Gasteiger partial charge in [0.05, 0.1) is 5.56 Å². The van der Waals surface area contributed by atoms with Crippen LogP contribution in [0, 0.1) is 5.82 Å². The summed E-state index contributed by atoms with van der Waals surface area (Å²) in [7, 11) is 0. The van der Waals surface area contributed by atoms with Crippen LogP contribution in [0.2, 0.25) is 0 Å². The zero-order valence-electron chi connectivity index (χ0n) is 10.6. The van der Waals surface area contributed by atoms with Crippen molar-refractivity contribution in [2.45, 2.75) is 32.0 Å². The second kappa shape index (κ2) is 5.22. The van der Waals surface area contributed by atoms with Crippen LogP contribution in [-0.2, 0) is 11.0 Å². The maximum Gasteiger partial charge on any atom is 0.417 e. The number of nitrogens with one attached hydrogen (secondary N) is 1. The van der Waals surface area contributed by atoms with Crippen molar-refractivity contribution in [2.75, 3.05) is 0 Å². The number of amides is 1. The molecule has 1 aliphatic rings. The molecule has 3 nitrogen and oxygen atoms in total. The summed E-state index contributed by atoms with van der Waals surface area (Å²) in [5.41, 5.74) is -1.46. The molecule has 20 heavy (non-hydrogen) atoms. The molecule has 0 spiro atoms.